The smallest absolute Gasteiger partial charge is 0.0648 e. The quantitative estimate of drug-likeness (QED) is 0.529. The molecule has 0 aliphatic heterocycles. The van der Waals surface area contributed by atoms with Crippen molar-refractivity contribution in [2.24, 2.45) is 0 Å². The van der Waals surface area contributed by atoms with Crippen molar-refractivity contribution in [3.8, 4) is 0 Å². The summed E-state index contributed by atoms with van der Waals surface area (Å²) in [6, 6.07) is 8.66. The Hall–Kier alpha value is -1.76. The van der Waals surface area contributed by atoms with E-state index in [1.807, 2.05) is 24.3 Å². The highest BCUT2D eigenvalue weighted by Crippen LogP contribution is 2.34. The molecule has 1 nitrogen and oxygen atoms in total. The van der Waals surface area contributed by atoms with Gasteiger partial charge in [0.15, 0.2) is 0 Å². The van der Waals surface area contributed by atoms with E-state index in [4.69, 9.17) is 4.11 Å². The zero-order chi connectivity index (χ0) is 15.5. The summed E-state index contributed by atoms with van der Waals surface area (Å²) in [4.78, 5) is 0. The van der Waals surface area contributed by atoms with Crippen molar-refractivity contribution in [3.63, 3.8) is 0 Å². The maximum absolute atomic E-state index is 8.45. The SMILES string of the molecule is [2H]c1c(C)c([2H])c2c(c1[2H])c1ccccc1n2C(C)(C)C. The van der Waals surface area contributed by atoms with E-state index in [0.717, 1.165) is 21.8 Å². The number of hydrogen-bond donors (Lipinski definition) is 0. The lowest BCUT2D eigenvalue weighted by molar-refractivity contribution is 0.423. The second kappa shape index (κ2) is 3.61. The third-order valence-corrected chi connectivity index (χ3v) is 3.23. The number of hydrogen-bond acceptors (Lipinski definition) is 0. The molecule has 92 valence electrons. The first-order valence-electron chi connectivity index (χ1n) is 7.75. The van der Waals surface area contributed by atoms with Gasteiger partial charge in [-0.3, -0.25) is 0 Å². The molecule has 0 spiro atoms. The third kappa shape index (κ3) is 1.54. The number of rotatable bonds is 0. The standard InChI is InChI=1S/C17H19N/c1-12-9-10-14-13-7-5-6-8-15(13)18(16(14)11-12)17(2,3)4/h5-11H,1-4H3/i9D,10D,11D. The van der Waals surface area contributed by atoms with E-state index >= 15 is 0 Å². The average molecular weight is 240 g/mol. The van der Waals surface area contributed by atoms with Crippen LogP contribution in [0.15, 0.2) is 42.4 Å². The van der Waals surface area contributed by atoms with Crippen LogP contribution in [0.1, 0.15) is 30.4 Å². The lowest BCUT2D eigenvalue weighted by atomic mass is 10.1. The molecule has 0 aliphatic rings. The molecule has 0 saturated carbocycles. The highest BCUT2D eigenvalue weighted by atomic mass is 15.0. The van der Waals surface area contributed by atoms with Crippen LogP contribution in [0.4, 0.5) is 0 Å². The van der Waals surface area contributed by atoms with Crippen LogP contribution in [-0.4, -0.2) is 4.57 Å². The van der Waals surface area contributed by atoms with E-state index < -0.39 is 0 Å². The lowest BCUT2D eigenvalue weighted by Crippen LogP contribution is -2.21. The highest BCUT2D eigenvalue weighted by Gasteiger charge is 2.19. The Labute approximate surface area is 112 Å². The largest absolute Gasteiger partial charge is 0.335 e. The van der Waals surface area contributed by atoms with Gasteiger partial charge in [0.2, 0.25) is 0 Å². The fraction of sp³-hybridized carbons (Fsp3) is 0.294. The first-order chi connectivity index (χ1) is 9.75. The molecule has 0 atom stereocenters. The van der Waals surface area contributed by atoms with Crippen LogP contribution in [0.25, 0.3) is 21.8 Å². The molecular formula is C17H19N. The average Bonchev–Trinajstić information content (AvgIpc) is 2.78. The first-order valence-corrected chi connectivity index (χ1v) is 6.25. The Morgan fingerprint density at radius 2 is 1.72 bits per heavy atom. The molecule has 0 bridgehead atoms. The summed E-state index contributed by atoms with van der Waals surface area (Å²) in [5, 5.41) is 1.68. The van der Waals surface area contributed by atoms with E-state index in [0.29, 0.717) is 11.6 Å². The summed E-state index contributed by atoms with van der Waals surface area (Å²) in [7, 11) is 0. The summed E-state index contributed by atoms with van der Waals surface area (Å²) in [6.45, 7) is 8.07. The Morgan fingerprint density at radius 1 is 1.00 bits per heavy atom. The molecule has 1 heterocycles. The zero-order valence-electron chi connectivity index (χ0n) is 14.3. The van der Waals surface area contributed by atoms with Gasteiger partial charge in [0.1, 0.15) is 0 Å². The van der Waals surface area contributed by atoms with Gasteiger partial charge in [-0.25, -0.2) is 0 Å². The van der Waals surface area contributed by atoms with Crippen LogP contribution in [-0.2, 0) is 5.54 Å². The van der Waals surface area contributed by atoms with Gasteiger partial charge < -0.3 is 4.57 Å². The maximum atomic E-state index is 8.45. The minimum atomic E-state index is -0.195. The number of nitrogens with zero attached hydrogens (tertiary/aromatic N) is 1. The molecule has 3 rings (SSSR count). The minimum absolute atomic E-state index is 0.157. The molecule has 18 heavy (non-hydrogen) atoms. The second-order valence-corrected chi connectivity index (χ2v) is 5.75. The van der Waals surface area contributed by atoms with Gasteiger partial charge in [-0.05, 0) is 45.4 Å². The topological polar surface area (TPSA) is 4.93 Å². The normalized spacial score (nSPS) is 14.8. The van der Waals surface area contributed by atoms with Crippen LogP contribution in [0.3, 0.4) is 0 Å². The molecule has 0 aliphatic carbocycles. The monoisotopic (exact) mass is 240 g/mol. The molecule has 0 amide bonds. The minimum Gasteiger partial charge on any atom is -0.335 e. The van der Waals surface area contributed by atoms with Gasteiger partial charge in [-0.1, -0.05) is 30.3 Å². The van der Waals surface area contributed by atoms with Crippen molar-refractivity contribution < 1.29 is 4.11 Å². The van der Waals surface area contributed by atoms with Gasteiger partial charge in [0.25, 0.3) is 0 Å². The van der Waals surface area contributed by atoms with Gasteiger partial charge in [0.05, 0.1) is 4.11 Å². The number of aromatic nitrogens is 1. The van der Waals surface area contributed by atoms with Gasteiger partial charge in [0, 0.05) is 27.3 Å². The summed E-state index contributed by atoms with van der Waals surface area (Å²) in [6.07, 6.45) is 0. The molecule has 0 fully saturated rings. The van der Waals surface area contributed by atoms with Crippen LogP contribution in [0.2, 0.25) is 0 Å². The molecule has 3 aromatic rings. The second-order valence-electron chi connectivity index (χ2n) is 5.75. The molecule has 0 unspecified atom stereocenters. The Balaban J connectivity index is 2.73. The summed E-state index contributed by atoms with van der Waals surface area (Å²) in [5.41, 5.74) is 2.16. The predicted molar refractivity (Wildman–Crippen MR) is 79.2 cm³/mol. The van der Waals surface area contributed by atoms with Crippen molar-refractivity contribution in [3.05, 3.63) is 48.0 Å². The van der Waals surface area contributed by atoms with Crippen LogP contribution in [0.5, 0.6) is 0 Å². The molecular weight excluding hydrogens is 218 g/mol. The number of benzene rings is 2. The maximum Gasteiger partial charge on any atom is 0.0648 e. The van der Waals surface area contributed by atoms with E-state index in [-0.39, 0.29) is 17.6 Å². The van der Waals surface area contributed by atoms with Crippen molar-refractivity contribution in [2.45, 2.75) is 33.2 Å². The molecule has 0 N–H and O–H groups in total. The Morgan fingerprint density at radius 3 is 2.44 bits per heavy atom. The molecule has 1 heteroatoms. The molecule has 2 aromatic carbocycles. The van der Waals surface area contributed by atoms with Crippen LogP contribution >= 0.6 is 0 Å². The Bertz CT molecular complexity index is 869. The van der Waals surface area contributed by atoms with Gasteiger partial charge >= 0.3 is 0 Å². The van der Waals surface area contributed by atoms with Gasteiger partial charge in [-0.15, -0.1) is 0 Å². The van der Waals surface area contributed by atoms with E-state index in [2.05, 4.69) is 25.3 Å². The number of fused-ring (bicyclic) bond motifs is 3. The predicted octanol–water partition coefficient (Wildman–Crippen LogP) is 4.86. The van der Waals surface area contributed by atoms with Crippen molar-refractivity contribution in [2.75, 3.05) is 0 Å². The van der Waals surface area contributed by atoms with Gasteiger partial charge in [-0.2, -0.15) is 0 Å². The first kappa shape index (κ1) is 8.36. The lowest BCUT2D eigenvalue weighted by Gasteiger charge is -2.24. The van der Waals surface area contributed by atoms with E-state index in [1.54, 1.807) is 6.92 Å². The number of para-hydroxylation sites is 1. The third-order valence-electron chi connectivity index (χ3n) is 3.23. The fourth-order valence-corrected chi connectivity index (χ4v) is 2.55. The zero-order valence-corrected chi connectivity index (χ0v) is 11.3. The van der Waals surface area contributed by atoms with Crippen molar-refractivity contribution in [1.29, 1.82) is 0 Å². The highest BCUT2D eigenvalue weighted by molar-refractivity contribution is 6.08. The summed E-state index contributed by atoms with van der Waals surface area (Å²) in [5.74, 6) is 0. The van der Waals surface area contributed by atoms with Crippen molar-refractivity contribution >= 4 is 21.8 Å². The van der Waals surface area contributed by atoms with Crippen LogP contribution < -0.4 is 0 Å². The van der Waals surface area contributed by atoms with Crippen LogP contribution in [0, 0.1) is 6.92 Å². The van der Waals surface area contributed by atoms with E-state index in [9.17, 15) is 0 Å². The fourth-order valence-electron chi connectivity index (χ4n) is 2.55. The van der Waals surface area contributed by atoms with E-state index in [1.165, 1.54) is 0 Å². The van der Waals surface area contributed by atoms with Crippen molar-refractivity contribution in [1.82, 2.24) is 4.57 Å². The summed E-state index contributed by atoms with van der Waals surface area (Å²) >= 11 is 0. The summed E-state index contributed by atoms with van der Waals surface area (Å²) < 4.78 is 27.0. The molecule has 0 radical (unpaired) electrons. The molecule has 0 saturated heterocycles. The molecule has 1 aromatic heterocycles. The Kier molecular flexibility index (Phi) is 1.68.